The van der Waals surface area contributed by atoms with Crippen LogP contribution in [0.3, 0.4) is 0 Å². The molecule has 3 atom stereocenters. The molecule has 0 saturated carbocycles. The highest BCUT2D eigenvalue weighted by molar-refractivity contribution is 14.0. The van der Waals surface area contributed by atoms with Crippen LogP contribution in [0.4, 0.5) is 0 Å². The van der Waals surface area contributed by atoms with Crippen LogP contribution in [0, 0.1) is 6.92 Å². The van der Waals surface area contributed by atoms with E-state index in [0.717, 1.165) is 38.7 Å². The summed E-state index contributed by atoms with van der Waals surface area (Å²) >= 11 is 0. The molecule has 0 aliphatic carbocycles. The standard InChI is InChI=1S/C20H33N3O2.HI/c1-5-21-20(23-17(4)13-25-19-10-11-24-14-19)22-12-16(3)18-8-6-15(2)7-9-18;/h6-9,16-17,19H,5,10-14H2,1-4H3,(H2,21,22,23);1H. The molecule has 1 saturated heterocycles. The fourth-order valence-electron chi connectivity index (χ4n) is 2.75. The molecule has 0 radical (unpaired) electrons. The lowest BCUT2D eigenvalue weighted by molar-refractivity contribution is 0.0347. The zero-order valence-corrected chi connectivity index (χ0v) is 18.8. The number of nitrogens with one attached hydrogen (secondary N) is 2. The number of rotatable bonds is 8. The Balaban J connectivity index is 0.00000338. The van der Waals surface area contributed by atoms with Crippen LogP contribution >= 0.6 is 24.0 Å². The molecule has 2 N–H and O–H groups in total. The van der Waals surface area contributed by atoms with Crippen molar-refractivity contribution in [2.75, 3.05) is 32.9 Å². The van der Waals surface area contributed by atoms with Crippen LogP contribution < -0.4 is 10.6 Å². The van der Waals surface area contributed by atoms with E-state index in [1.807, 2.05) is 0 Å². The number of aryl methyl sites for hydroxylation is 1. The minimum absolute atomic E-state index is 0. The van der Waals surface area contributed by atoms with E-state index in [4.69, 9.17) is 14.5 Å². The summed E-state index contributed by atoms with van der Waals surface area (Å²) in [6.07, 6.45) is 1.24. The van der Waals surface area contributed by atoms with E-state index in [2.05, 4.69) is 62.6 Å². The van der Waals surface area contributed by atoms with Crippen molar-refractivity contribution in [2.45, 2.75) is 52.2 Å². The second-order valence-corrected chi connectivity index (χ2v) is 6.90. The summed E-state index contributed by atoms with van der Waals surface area (Å²) in [5.41, 5.74) is 2.61. The molecule has 0 bridgehead atoms. The number of aliphatic imine (C=N–C) groups is 1. The van der Waals surface area contributed by atoms with Gasteiger partial charge in [0.25, 0.3) is 0 Å². The third-order valence-corrected chi connectivity index (χ3v) is 4.37. The number of guanidine groups is 1. The minimum Gasteiger partial charge on any atom is -0.379 e. The molecule has 1 aromatic carbocycles. The van der Waals surface area contributed by atoms with Gasteiger partial charge in [0, 0.05) is 31.7 Å². The maximum Gasteiger partial charge on any atom is 0.191 e. The average Bonchev–Trinajstić information content (AvgIpc) is 3.12. The number of halogens is 1. The first kappa shape index (κ1) is 23.2. The second kappa shape index (κ2) is 12.5. The number of ether oxygens (including phenoxy) is 2. The van der Waals surface area contributed by atoms with Crippen molar-refractivity contribution in [3.05, 3.63) is 35.4 Å². The van der Waals surface area contributed by atoms with Crippen LogP contribution in [-0.2, 0) is 9.47 Å². The highest BCUT2D eigenvalue weighted by Gasteiger charge is 2.17. The molecule has 3 unspecified atom stereocenters. The Morgan fingerprint density at radius 1 is 1.31 bits per heavy atom. The fraction of sp³-hybridized carbons (Fsp3) is 0.650. The van der Waals surface area contributed by atoms with Crippen LogP contribution in [0.5, 0.6) is 0 Å². The van der Waals surface area contributed by atoms with Crippen molar-refractivity contribution >= 4 is 29.9 Å². The Kier molecular flexibility index (Phi) is 11.2. The minimum atomic E-state index is 0. The predicted molar refractivity (Wildman–Crippen MR) is 119 cm³/mol. The molecule has 148 valence electrons. The first-order chi connectivity index (χ1) is 12.1. The molecular weight excluding hydrogens is 441 g/mol. The van der Waals surface area contributed by atoms with Gasteiger partial charge >= 0.3 is 0 Å². The van der Waals surface area contributed by atoms with E-state index < -0.39 is 0 Å². The molecular formula is C20H34IN3O2. The molecule has 26 heavy (non-hydrogen) atoms. The molecule has 5 nitrogen and oxygen atoms in total. The quantitative estimate of drug-likeness (QED) is 0.344. The van der Waals surface area contributed by atoms with Crippen LogP contribution in [0.15, 0.2) is 29.3 Å². The van der Waals surface area contributed by atoms with Gasteiger partial charge in [-0.05, 0) is 32.8 Å². The third kappa shape index (κ3) is 8.22. The Morgan fingerprint density at radius 2 is 2.04 bits per heavy atom. The molecule has 2 rings (SSSR count). The third-order valence-electron chi connectivity index (χ3n) is 4.37. The lowest BCUT2D eigenvalue weighted by Crippen LogP contribution is -2.44. The van der Waals surface area contributed by atoms with Gasteiger partial charge in [0.1, 0.15) is 0 Å². The number of benzene rings is 1. The number of hydrogen-bond donors (Lipinski definition) is 2. The Morgan fingerprint density at radius 3 is 2.65 bits per heavy atom. The average molecular weight is 475 g/mol. The van der Waals surface area contributed by atoms with E-state index in [1.165, 1.54) is 11.1 Å². The van der Waals surface area contributed by atoms with Gasteiger partial charge in [-0.1, -0.05) is 36.8 Å². The van der Waals surface area contributed by atoms with Gasteiger partial charge in [-0.25, -0.2) is 0 Å². The summed E-state index contributed by atoms with van der Waals surface area (Å²) in [6.45, 7) is 12.3. The maximum atomic E-state index is 5.88. The van der Waals surface area contributed by atoms with E-state index in [0.29, 0.717) is 12.5 Å². The van der Waals surface area contributed by atoms with Crippen molar-refractivity contribution in [1.29, 1.82) is 0 Å². The van der Waals surface area contributed by atoms with Crippen LogP contribution in [0.2, 0.25) is 0 Å². The monoisotopic (exact) mass is 475 g/mol. The summed E-state index contributed by atoms with van der Waals surface area (Å²) in [7, 11) is 0. The summed E-state index contributed by atoms with van der Waals surface area (Å²) in [6, 6.07) is 8.90. The lowest BCUT2D eigenvalue weighted by Gasteiger charge is -2.20. The van der Waals surface area contributed by atoms with Crippen LogP contribution in [0.25, 0.3) is 0 Å². The van der Waals surface area contributed by atoms with Crippen LogP contribution in [0.1, 0.15) is 44.2 Å². The van der Waals surface area contributed by atoms with E-state index in [1.54, 1.807) is 0 Å². The molecule has 1 aliphatic heterocycles. The lowest BCUT2D eigenvalue weighted by atomic mass is 10.0. The van der Waals surface area contributed by atoms with Gasteiger partial charge in [-0.2, -0.15) is 0 Å². The van der Waals surface area contributed by atoms with Gasteiger partial charge in [-0.15, -0.1) is 24.0 Å². The smallest absolute Gasteiger partial charge is 0.191 e. The SMILES string of the molecule is CCNC(=NCC(C)c1ccc(C)cc1)NC(C)COC1CCOC1.I. The molecule has 0 aromatic heterocycles. The highest BCUT2D eigenvalue weighted by Crippen LogP contribution is 2.16. The van der Waals surface area contributed by atoms with Gasteiger partial charge in [0.05, 0.1) is 19.3 Å². The van der Waals surface area contributed by atoms with Crippen molar-refractivity contribution in [3.8, 4) is 0 Å². The number of hydrogen-bond acceptors (Lipinski definition) is 3. The normalized spacial score (nSPS) is 19.5. The van der Waals surface area contributed by atoms with E-state index in [9.17, 15) is 0 Å². The molecule has 1 fully saturated rings. The summed E-state index contributed by atoms with van der Waals surface area (Å²) in [5.74, 6) is 1.23. The summed E-state index contributed by atoms with van der Waals surface area (Å²) in [4.78, 5) is 4.75. The molecule has 0 amide bonds. The van der Waals surface area contributed by atoms with Gasteiger partial charge in [-0.3, -0.25) is 4.99 Å². The summed E-state index contributed by atoms with van der Waals surface area (Å²) in [5, 5.41) is 6.75. The Labute approximate surface area is 175 Å². The van der Waals surface area contributed by atoms with Gasteiger partial charge in [0.15, 0.2) is 5.96 Å². The summed E-state index contributed by atoms with van der Waals surface area (Å²) < 4.78 is 11.2. The topological polar surface area (TPSA) is 54.9 Å². The molecule has 1 heterocycles. The zero-order valence-electron chi connectivity index (χ0n) is 16.5. The molecule has 1 aliphatic rings. The van der Waals surface area contributed by atoms with E-state index >= 15 is 0 Å². The Bertz CT molecular complexity index is 530. The largest absolute Gasteiger partial charge is 0.379 e. The van der Waals surface area contributed by atoms with Crippen molar-refractivity contribution in [1.82, 2.24) is 10.6 Å². The second-order valence-electron chi connectivity index (χ2n) is 6.90. The van der Waals surface area contributed by atoms with Gasteiger partial charge < -0.3 is 20.1 Å². The van der Waals surface area contributed by atoms with Crippen molar-refractivity contribution in [2.24, 2.45) is 4.99 Å². The maximum absolute atomic E-state index is 5.88. The van der Waals surface area contributed by atoms with Crippen LogP contribution in [-0.4, -0.2) is 51.0 Å². The first-order valence-electron chi connectivity index (χ1n) is 9.39. The fourth-order valence-corrected chi connectivity index (χ4v) is 2.75. The zero-order chi connectivity index (χ0) is 18.1. The van der Waals surface area contributed by atoms with E-state index in [-0.39, 0.29) is 36.1 Å². The Hall–Kier alpha value is -0.860. The number of nitrogens with zero attached hydrogens (tertiary/aromatic N) is 1. The predicted octanol–water partition coefficient (Wildman–Crippen LogP) is 3.47. The molecule has 0 spiro atoms. The van der Waals surface area contributed by atoms with Crippen molar-refractivity contribution < 1.29 is 9.47 Å². The molecule has 6 heteroatoms. The van der Waals surface area contributed by atoms with Crippen molar-refractivity contribution in [3.63, 3.8) is 0 Å². The van der Waals surface area contributed by atoms with Gasteiger partial charge in [0.2, 0.25) is 0 Å². The molecule has 1 aromatic rings. The first-order valence-corrected chi connectivity index (χ1v) is 9.39. The highest BCUT2D eigenvalue weighted by atomic mass is 127.